The van der Waals surface area contributed by atoms with Gasteiger partial charge in [0.1, 0.15) is 0 Å². The summed E-state index contributed by atoms with van der Waals surface area (Å²) in [6.07, 6.45) is 2.50. The third-order valence-electron chi connectivity index (χ3n) is 3.04. The molecular formula is C12H28N2. The highest BCUT2D eigenvalue weighted by atomic mass is 15.1. The maximum atomic E-state index is 3.57. The second-order valence-corrected chi connectivity index (χ2v) is 4.98. The Balaban J connectivity index is 4.21. The number of hydrogen-bond donors (Lipinski definition) is 1. The molecule has 0 fully saturated rings. The third kappa shape index (κ3) is 4.97. The summed E-state index contributed by atoms with van der Waals surface area (Å²) in [5.41, 5.74) is 0.452. The molecule has 0 radical (unpaired) electrons. The molecule has 0 saturated heterocycles. The quantitative estimate of drug-likeness (QED) is 0.678. The fourth-order valence-corrected chi connectivity index (χ4v) is 1.87. The van der Waals surface area contributed by atoms with E-state index in [4.69, 9.17) is 0 Å². The summed E-state index contributed by atoms with van der Waals surface area (Å²) in [6, 6.07) is 0.592. The van der Waals surface area contributed by atoms with Crippen molar-refractivity contribution in [2.45, 2.75) is 46.6 Å². The predicted octanol–water partition coefficient (Wildman–Crippen LogP) is 2.35. The van der Waals surface area contributed by atoms with Crippen molar-refractivity contribution in [2.75, 3.05) is 27.2 Å². The maximum absolute atomic E-state index is 3.57. The van der Waals surface area contributed by atoms with E-state index in [-0.39, 0.29) is 0 Å². The Labute approximate surface area is 90.1 Å². The molecule has 0 atom stereocenters. The minimum Gasteiger partial charge on any atom is -0.314 e. The van der Waals surface area contributed by atoms with Crippen LogP contribution in [-0.2, 0) is 0 Å². The van der Waals surface area contributed by atoms with Gasteiger partial charge in [-0.15, -0.1) is 0 Å². The Morgan fingerprint density at radius 1 is 1.14 bits per heavy atom. The van der Waals surface area contributed by atoms with Crippen molar-refractivity contribution in [1.82, 2.24) is 10.2 Å². The van der Waals surface area contributed by atoms with Crippen molar-refractivity contribution >= 4 is 0 Å². The normalized spacial score (nSPS) is 12.9. The molecule has 0 aliphatic heterocycles. The van der Waals surface area contributed by atoms with Gasteiger partial charge in [0.05, 0.1) is 0 Å². The molecule has 0 heterocycles. The van der Waals surface area contributed by atoms with Crippen LogP contribution in [0.4, 0.5) is 0 Å². The van der Waals surface area contributed by atoms with E-state index in [1.54, 1.807) is 0 Å². The molecule has 0 unspecified atom stereocenters. The zero-order chi connectivity index (χ0) is 11.2. The molecule has 0 saturated carbocycles. The number of rotatable bonds is 7. The van der Waals surface area contributed by atoms with E-state index in [1.165, 1.54) is 19.4 Å². The van der Waals surface area contributed by atoms with Gasteiger partial charge in [-0.25, -0.2) is 0 Å². The second kappa shape index (κ2) is 6.41. The summed E-state index contributed by atoms with van der Waals surface area (Å²) in [6.45, 7) is 11.3. The molecule has 86 valence electrons. The van der Waals surface area contributed by atoms with Gasteiger partial charge in [0.2, 0.25) is 0 Å². The zero-order valence-corrected chi connectivity index (χ0v) is 10.9. The van der Waals surface area contributed by atoms with Crippen LogP contribution < -0.4 is 5.32 Å². The van der Waals surface area contributed by atoms with Gasteiger partial charge in [-0.05, 0) is 32.4 Å². The first-order valence-corrected chi connectivity index (χ1v) is 5.84. The standard InChI is InChI=1S/C12H28N2/c1-7-12(8-2,10-14(5)6)9-13-11(3)4/h11,13H,7-10H2,1-6H3. The van der Waals surface area contributed by atoms with Gasteiger partial charge >= 0.3 is 0 Å². The van der Waals surface area contributed by atoms with E-state index >= 15 is 0 Å². The van der Waals surface area contributed by atoms with Crippen LogP contribution in [0, 0.1) is 5.41 Å². The smallest absolute Gasteiger partial charge is 0.00438 e. The van der Waals surface area contributed by atoms with Crippen LogP contribution in [0.3, 0.4) is 0 Å². The largest absolute Gasteiger partial charge is 0.314 e. The molecule has 0 rings (SSSR count). The van der Waals surface area contributed by atoms with Gasteiger partial charge in [-0.1, -0.05) is 27.7 Å². The monoisotopic (exact) mass is 200 g/mol. The topological polar surface area (TPSA) is 15.3 Å². The molecule has 0 aromatic rings. The predicted molar refractivity (Wildman–Crippen MR) is 64.7 cm³/mol. The van der Waals surface area contributed by atoms with Gasteiger partial charge < -0.3 is 10.2 Å². The molecule has 0 aliphatic carbocycles. The lowest BCUT2D eigenvalue weighted by atomic mass is 9.81. The average Bonchev–Trinajstić information content (AvgIpc) is 2.11. The molecule has 0 amide bonds. The van der Waals surface area contributed by atoms with Crippen molar-refractivity contribution in [3.63, 3.8) is 0 Å². The summed E-state index contributed by atoms with van der Waals surface area (Å²) in [7, 11) is 4.32. The van der Waals surface area contributed by atoms with Crippen molar-refractivity contribution in [3.05, 3.63) is 0 Å². The number of nitrogens with zero attached hydrogens (tertiary/aromatic N) is 1. The first-order chi connectivity index (χ1) is 6.45. The van der Waals surface area contributed by atoms with Crippen LogP contribution in [0.25, 0.3) is 0 Å². The molecule has 2 nitrogen and oxygen atoms in total. The molecule has 0 aromatic carbocycles. The van der Waals surface area contributed by atoms with E-state index in [0.717, 1.165) is 6.54 Å². The first-order valence-electron chi connectivity index (χ1n) is 5.84. The second-order valence-electron chi connectivity index (χ2n) is 4.98. The summed E-state index contributed by atoms with van der Waals surface area (Å²) in [5, 5.41) is 3.57. The minimum absolute atomic E-state index is 0.452. The van der Waals surface area contributed by atoms with E-state index < -0.39 is 0 Å². The fourth-order valence-electron chi connectivity index (χ4n) is 1.87. The van der Waals surface area contributed by atoms with Crippen LogP contribution >= 0.6 is 0 Å². The number of nitrogens with one attached hydrogen (secondary N) is 1. The molecule has 0 spiro atoms. The SMILES string of the molecule is CCC(CC)(CNC(C)C)CN(C)C. The minimum atomic E-state index is 0.452. The van der Waals surface area contributed by atoms with Crippen molar-refractivity contribution in [2.24, 2.45) is 5.41 Å². The number of hydrogen-bond acceptors (Lipinski definition) is 2. The Bertz CT molecular complexity index is 137. The van der Waals surface area contributed by atoms with Crippen LogP contribution in [0.1, 0.15) is 40.5 Å². The van der Waals surface area contributed by atoms with E-state index in [1.807, 2.05) is 0 Å². The highest BCUT2D eigenvalue weighted by Gasteiger charge is 2.26. The molecule has 2 heteroatoms. The third-order valence-corrected chi connectivity index (χ3v) is 3.04. The maximum Gasteiger partial charge on any atom is 0.00438 e. The Morgan fingerprint density at radius 2 is 1.64 bits per heavy atom. The summed E-state index contributed by atoms with van der Waals surface area (Å²) >= 11 is 0. The lowest BCUT2D eigenvalue weighted by Gasteiger charge is -2.35. The highest BCUT2D eigenvalue weighted by molar-refractivity contribution is 4.82. The van der Waals surface area contributed by atoms with Crippen LogP contribution in [0.5, 0.6) is 0 Å². The van der Waals surface area contributed by atoms with Gasteiger partial charge in [-0.3, -0.25) is 0 Å². The molecule has 0 aliphatic rings. The van der Waals surface area contributed by atoms with Crippen LogP contribution in [0.15, 0.2) is 0 Å². The first kappa shape index (κ1) is 13.9. The lowest BCUT2D eigenvalue weighted by Crippen LogP contribution is -2.43. The van der Waals surface area contributed by atoms with Gasteiger partial charge in [0, 0.05) is 19.1 Å². The summed E-state index contributed by atoms with van der Waals surface area (Å²) < 4.78 is 0. The van der Waals surface area contributed by atoms with E-state index in [0.29, 0.717) is 11.5 Å². The zero-order valence-electron chi connectivity index (χ0n) is 10.9. The molecule has 14 heavy (non-hydrogen) atoms. The van der Waals surface area contributed by atoms with Gasteiger partial charge in [0.25, 0.3) is 0 Å². The van der Waals surface area contributed by atoms with Crippen molar-refractivity contribution < 1.29 is 0 Å². The molecule has 0 bridgehead atoms. The van der Waals surface area contributed by atoms with Crippen LogP contribution in [0.2, 0.25) is 0 Å². The highest BCUT2D eigenvalue weighted by Crippen LogP contribution is 2.26. The van der Waals surface area contributed by atoms with Crippen molar-refractivity contribution in [1.29, 1.82) is 0 Å². The van der Waals surface area contributed by atoms with E-state index in [2.05, 4.69) is 52.0 Å². The van der Waals surface area contributed by atoms with Crippen LogP contribution in [-0.4, -0.2) is 38.1 Å². The molecular weight excluding hydrogens is 172 g/mol. The summed E-state index contributed by atoms with van der Waals surface area (Å²) in [4.78, 5) is 2.30. The average molecular weight is 200 g/mol. The van der Waals surface area contributed by atoms with E-state index in [9.17, 15) is 0 Å². The lowest BCUT2D eigenvalue weighted by molar-refractivity contribution is 0.171. The van der Waals surface area contributed by atoms with Crippen molar-refractivity contribution in [3.8, 4) is 0 Å². The Kier molecular flexibility index (Phi) is 6.38. The molecule has 1 N–H and O–H groups in total. The Morgan fingerprint density at radius 3 is 1.93 bits per heavy atom. The fraction of sp³-hybridized carbons (Fsp3) is 1.00. The summed E-state index contributed by atoms with van der Waals surface area (Å²) in [5.74, 6) is 0. The van der Waals surface area contributed by atoms with Gasteiger partial charge in [-0.2, -0.15) is 0 Å². The molecule has 0 aromatic heterocycles. The Hall–Kier alpha value is -0.0800. The van der Waals surface area contributed by atoms with Gasteiger partial charge in [0.15, 0.2) is 0 Å².